The first-order chi connectivity index (χ1) is 9.67. The fourth-order valence-corrected chi connectivity index (χ4v) is 3.15. The molecule has 2 aliphatic heterocycles. The van der Waals surface area contributed by atoms with Crippen LogP contribution in [0.25, 0.3) is 0 Å². The van der Waals surface area contributed by atoms with E-state index in [9.17, 15) is 5.11 Å². The molecule has 3 heterocycles. The van der Waals surface area contributed by atoms with E-state index >= 15 is 0 Å². The van der Waals surface area contributed by atoms with Gasteiger partial charge in [-0.05, 0) is 12.3 Å². The SMILES string of the molecule is CC[C@H]1O[C@@H](n2cnc3c2N=CN[C@@H]3CO)[C@H](C)[C@@H]1C. The molecule has 1 aromatic rings. The number of nitrogens with zero attached hydrogens (tertiary/aromatic N) is 3. The fourth-order valence-electron chi connectivity index (χ4n) is 3.15. The van der Waals surface area contributed by atoms with Crippen molar-refractivity contribution in [3.8, 4) is 0 Å². The van der Waals surface area contributed by atoms with Crippen LogP contribution in [0, 0.1) is 11.8 Å². The van der Waals surface area contributed by atoms with Crippen molar-refractivity contribution in [2.75, 3.05) is 6.61 Å². The first kappa shape index (κ1) is 13.6. The first-order valence-corrected chi connectivity index (χ1v) is 7.29. The highest BCUT2D eigenvalue weighted by Crippen LogP contribution is 2.43. The van der Waals surface area contributed by atoms with Gasteiger partial charge in [-0.2, -0.15) is 0 Å². The Bertz CT molecular complexity index is 513. The highest BCUT2D eigenvalue weighted by molar-refractivity contribution is 5.65. The number of aromatic nitrogens is 2. The Kier molecular flexibility index (Phi) is 3.52. The number of fused-ring (bicyclic) bond motifs is 1. The Balaban J connectivity index is 1.93. The Hall–Kier alpha value is -1.40. The van der Waals surface area contributed by atoms with E-state index in [0.29, 0.717) is 11.8 Å². The summed E-state index contributed by atoms with van der Waals surface area (Å²) in [5, 5.41) is 12.4. The number of hydrogen-bond donors (Lipinski definition) is 2. The predicted molar refractivity (Wildman–Crippen MR) is 75.9 cm³/mol. The van der Waals surface area contributed by atoms with Crippen LogP contribution >= 0.6 is 0 Å². The molecule has 5 atom stereocenters. The second-order valence-electron chi connectivity index (χ2n) is 5.71. The molecule has 20 heavy (non-hydrogen) atoms. The molecule has 0 unspecified atom stereocenters. The summed E-state index contributed by atoms with van der Waals surface area (Å²) in [6, 6.07) is -0.181. The molecular formula is C14H22N4O2. The van der Waals surface area contributed by atoms with E-state index in [-0.39, 0.29) is 25.0 Å². The minimum absolute atomic E-state index is 0.00506. The van der Waals surface area contributed by atoms with Crippen LogP contribution in [0.5, 0.6) is 0 Å². The van der Waals surface area contributed by atoms with Crippen LogP contribution in [0.3, 0.4) is 0 Å². The van der Waals surface area contributed by atoms with Gasteiger partial charge in [0.2, 0.25) is 0 Å². The largest absolute Gasteiger partial charge is 0.394 e. The van der Waals surface area contributed by atoms with Crippen molar-refractivity contribution < 1.29 is 9.84 Å². The monoisotopic (exact) mass is 278 g/mol. The van der Waals surface area contributed by atoms with Gasteiger partial charge in [0.15, 0.2) is 5.82 Å². The van der Waals surface area contributed by atoms with Crippen molar-refractivity contribution in [2.45, 2.75) is 45.6 Å². The second-order valence-corrected chi connectivity index (χ2v) is 5.71. The number of hydrogen-bond acceptors (Lipinski definition) is 5. The minimum atomic E-state index is -0.181. The molecule has 2 aliphatic rings. The standard InChI is InChI=1S/C14H22N4O2/c1-4-11-8(2)9(3)14(20-11)18-7-17-12-10(5-19)15-6-16-13(12)18/h6-11,14,19H,4-5H2,1-3H3,(H,15,16)/t8-,9+,10+,11+,14+/m0/s1. The second kappa shape index (κ2) is 5.18. The summed E-state index contributed by atoms with van der Waals surface area (Å²) in [5.74, 6) is 1.72. The van der Waals surface area contributed by atoms with Crippen LogP contribution in [0.4, 0.5) is 5.82 Å². The lowest BCUT2D eigenvalue weighted by molar-refractivity contribution is -0.0131. The molecule has 1 fully saturated rings. The van der Waals surface area contributed by atoms with Crippen LogP contribution in [0.2, 0.25) is 0 Å². The average Bonchev–Trinajstić information content (AvgIpc) is 3.01. The van der Waals surface area contributed by atoms with Gasteiger partial charge in [0.25, 0.3) is 0 Å². The van der Waals surface area contributed by atoms with E-state index in [2.05, 4.69) is 36.1 Å². The van der Waals surface area contributed by atoms with Gasteiger partial charge in [-0.25, -0.2) is 9.98 Å². The van der Waals surface area contributed by atoms with Crippen LogP contribution in [-0.4, -0.2) is 33.7 Å². The summed E-state index contributed by atoms with van der Waals surface area (Å²) >= 11 is 0. The van der Waals surface area contributed by atoms with E-state index in [1.807, 2.05) is 4.57 Å². The number of nitrogens with one attached hydrogen (secondary N) is 1. The molecule has 1 saturated heterocycles. The lowest BCUT2D eigenvalue weighted by Gasteiger charge is -2.22. The van der Waals surface area contributed by atoms with Crippen molar-refractivity contribution >= 4 is 12.2 Å². The maximum atomic E-state index is 9.38. The van der Waals surface area contributed by atoms with Gasteiger partial charge in [0.1, 0.15) is 11.9 Å². The maximum Gasteiger partial charge on any atom is 0.161 e. The number of rotatable bonds is 3. The molecule has 110 valence electrons. The van der Waals surface area contributed by atoms with Crippen LogP contribution in [0.15, 0.2) is 11.3 Å². The number of aliphatic hydroxyl groups is 1. The lowest BCUT2D eigenvalue weighted by Crippen LogP contribution is -2.26. The number of aliphatic imine (C=N–C) groups is 1. The molecular weight excluding hydrogens is 256 g/mol. The minimum Gasteiger partial charge on any atom is -0.394 e. The van der Waals surface area contributed by atoms with Crippen molar-refractivity contribution in [3.05, 3.63) is 12.0 Å². The van der Waals surface area contributed by atoms with E-state index in [4.69, 9.17) is 4.74 Å². The van der Waals surface area contributed by atoms with Gasteiger partial charge in [-0.15, -0.1) is 0 Å². The molecule has 0 bridgehead atoms. The quantitative estimate of drug-likeness (QED) is 0.883. The lowest BCUT2D eigenvalue weighted by atomic mass is 9.91. The predicted octanol–water partition coefficient (Wildman–Crippen LogP) is 1.76. The van der Waals surface area contributed by atoms with Gasteiger partial charge in [-0.1, -0.05) is 20.8 Å². The van der Waals surface area contributed by atoms with Gasteiger partial charge in [0, 0.05) is 5.92 Å². The van der Waals surface area contributed by atoms with Gasteiger partial charge in [-0.3, -0.25) is 4.57 Å². The molecule has 0 spiro atoms. The molecule has 0 amide bonds. The third kappa shape index (κ3) is 1.94. The van der Waals surface area contributed by atoms with Gasteiger partial charge >= 0.3 is 0 Å². The Labute approximate surface area is 118 Å². The molecule has 6 heteroatoms. The summed E-state index contributed by atoms with van der Waals surface area (Å²) < 4.78 is 8.19. The smallest absolute Gasteiger partial charge is 0.161 e. The first-order valence-electron chi connectivity index (χ1n) is 7.29. The van der Waals surface area contributed by atoms with Crippen LogP contribution < -0.4 is 5.32 Å². The zero-order valence-corrected chi connectivity index (χ0v) is 12.2. The van der Waals surface area contributed by atoms with E-state index in [1.54, 1.807) is 12.7 Å². The maximum absolute atomic E-state index is 9.38. The molecule has 0 radical (unpaired) electrons. The molecule has 0 saturated carbocycles. The zero-order valence-electron chi connectivity index (χ0n) is 12.2. The Morgan fingerprint density at radius 1 is 1.40 bits per heavy atom. The highest BCUT2D eigenvalue weighted by Gasteiger charge is 2.40. The summed E-state index contributed by atoms with van der Waals surface area (Å²) in [6.45, 7) is 6.61. The van der Waals surface area contributed by atoms with Crippen LogP contribution in [-0.2, 0) is 4.74 Å². The van der Waals surface area contributed by atoms with E-state index in [1.165, 1.54) is 0 Å². The summed E-state index contributed by atoms with van der Waals surface area (Å²) in [5.41, 5.74) is 0.790. The molecule has 3 rings (SSSR count). The van der Waals surface area contributed by atoms with E-state index in [0.717, 1.165) is 17.9 Å². The molecule has 1 aromatic heterocycles. The normalized spacial score (nSPS) is 35.9. The Morgan fingerprint density at radius 2 is 2.20 bits per heavy atom. The Morgan fingerprint density at radius 3 is 2.85 bits per heavy atom. The van der Waals surface area contributed by atoms with Crippen molar-refractivity contribution in [3.63, 3.8) is 0 Å². The zero-order chi connectivity index (χ0) is 14.3. The molecule has 0 aliphatic carbocycles. The highest BCUT2D eigenvalue weighted by atomic mass is 16.5. The molecule has 2 N–H and O–H groups in total. The number of imidazole rings is 1. The summed E-state index contributed by atoms with van der Waals surface area (Å²) in [6.07, 6.45) is 4.68. The molecule has 0 aromatic carbocycles. The van der Waals surface area contributed by atoms with E-state index < -0.39 is 0 Å². The van der Waals surface area contributed by atoms with Crippen molar-refractivity contribution in [2.24, 2.45) is 16.8 Å². The molecule has 6 nitrogen and oxygen atoms in total. The van der Waals surface area contributed by atoms with Crippen molar-refractivity contribution in [1.29, 1.82) is 0 Å². The van der Waals surface area contributed by atoms with Gasteiger partial charge in [0.05, 0.1) is 31.4 Å². The topological polar surface area (TPSA) is 71.7 Å². The summed E-state index contributed by atoms with van der Waals surface area (Å²) in [7, 11) is 0. The summed E-state index contributed by atoms with van der Waals surface area (Å²) in [4.78, 5) is 8.79. The fraction of sp³-hybridized carbons (Fsp3) is 0.714. The third-order valence-corrected chi connectivity index (χ3v) is 4.63. The average molecular weight is 278 g/mol. The van der Waals surface area contributed by atoms with Crippen LogP contribution in [0.1, 0.15) is 45.2 Å². The number of aliphatic hydroxyl groups excluding tert-OH is 1. The van der Waals surface area contributed by atoms with Gasteiger partial charge < -0.3 is 15.2 Å². The number of ether oxygens (including phenoxy) is 1. The third-order valence-electron chi connectivity index (χ3n) is 4.63. The van der Waals surface area contributed by atoms with Crippen molar-refractivity contribution in [1.82, 2.24) is 14.9 Å².